The SMILES string of the molecule is CCOC(=O)c1ccc(NC(C)c2ccccc2)c(NC=C(C#N)c2nn[nH]n2)c1. The van der Waals surface area contributed by atoms with Crippen molar-refractivity contribution in [3.8, 4) is 6.07 Å². The molecule has 3 aromatic rings. The van der Waals surface area contributed by atoms with E-state index in [2.05, 4.69) is 31.3 Å². The number of hydrogen-bond acceptors (Lipinski definition) is 8. The zero-order chi connectivity index (χ0) is 21.3. The molecule has 30 heavy (non-hydrogen) atoms. The monoisotopic (exact) mass is 403 g/mol. The van der Waals surface area contributed by atoms with Gasteiger partial charge in [-0.3, -0.25) is 0 Å². The molecule has 0 saturated carbocycles. The van der Waals surface area contributed by atoms with Gasteiger partial charge in [0.2, 0.25) is 5.82 Å². The van der Waals surface area contributed by atoms with Crippen molar-refractivity contribution < 1.29 is 9.53 Å². The maximum atomic E-state index is 12.2. The number of benzene rings is 2. The third-order valence-electron chi connectivity index (χ3n) is 4.28. The molecule has 0 spiro atoms. The van der Waals surface area contributed by atoms with Crippen LogP contribution in [0.5, 0.6) is 0 Å². The first-order valence-electron chi connectivity index (χ1n) is 9.35. The Kier molecular flexibility index (Phi) is 6.74. The smallest absolute Gasteiger partial charge is 0.338 e. The van der Waals surface area contributed by atoms with E-state index in [1.807, 2.05) is 43.3 Å². The largest absolute Gasteiger partial charge is 0.462 e. The third kappa shape index (κ3) is 4.99. The number of nitriles is 1. The standard InChI is InChI=1S/C21H21N7O2/c1-3-30-21(29)16-9-10-18(24-14(2)15-7-5-4-6-8-15)19(11-16)23-13-17(12-22)20-25-27-28-26-20/h4-11,13-14,23-24H,3H2,1-2H3,(H,25,26,27,28). The minimum absolute atomic E-state index is 0.0109. The summed E-state index contributed by atoms with van der Waals surface area (Å²) in [6, 6.07) is 17.2. The van der Waals surface area contributed by atoms with Crippen molar-refractivity contribution in [3.05, 3.63) is 71.7 Å². The quantitative estimate of drug-likeness (QED) is 0.385. The van der Waals surface area contributed by atoms with Gasteiger partial charge in [0.15, 0.2) is 0 Å². The number of rotatable bonds is 8. The molecule has 0 aliphatic carbocycles. The van der Waals surface area contributed by atoms with Gasteiger partial charge in [0.25, 0.3) is 0 Å². The van der Waals surface area contributed by atoms with Crippen molar-refractivity contribution in [2.45, 2.75) is 19.9 Å². The zero-order valence-corrected chi connectivity index (χ0v) is 16.6. The van der Waals surface area contributed by atoms with Gasteiger partial charge >= 0.3 is 5.97 Å². The van der Waals surface area contributed by atoms with Crippen LogP contribution in [0.15, 0.2) is 54.7 Å². The summed E-state index contributed by atoms with van der Waals surface area (Å²) in [5.41, 5.74) is 3.04. The summed E-state index contributed by atoms with van der Waals surface area (Å²) >= 11 is 0. The molecule has 3 rings (SSSR count). The summed E-state index contributed by atoms with van der Waals surface area (Å²) in [7, 11) is 0. The van der Waals surface area contributed by atoms with E-state index in [0.717, 1.165) is 11.3 Å². The highest BCUT2D eigenvalue weighted by Gasteiger charge is 2.13. The van der Waals surface area contributed by atoms with E-state index in [1.54, 1.807) is 25.1 Å². The number of carbonyl (C=O) groups is 1. The number of tetrazole rings is 1. The van der Waals surface area contributed by atoms with Crippen LogP contribution < -0.4 is 10.6 Å². The number of nitrogens with zero attached hydrogens (tertiary/aromatic N) is 4. The highest BCUT2D eigenvalue weighted by molar-refractivity contribution is 5.92. The van der Waals surface area contributed by atoms with E-state index in [1.165, 1.54) is 6.20 Å². The highest BCUT2D eigenvalue weighted by Crippen LogP contribution is 2.28. The summed E-state index contributed by atoms with van der Waals surface area (Å²) in [6.45, 7) is 4.07. The average Bonchev–Trinajstić information content (AvgIpc) is 3.30. The van der Waals surface area contributed by atoms with Crippen molar-refractivity contribution in [2.24, 2.45) is 0 Å². The van der Waals surface area contributed by atoms with E-state index in [4.69, 9.17) is 4.74 Å². The molecule has 0 aliphatic rings. The Morgan fingerprint density at radius 2 is 2.07 bits per heavy atom. The molecule has 0 saturated heterocycles. The summed E-state index contributed by atoms with van der Waals surface area (Å²) in [4.78, 5) is 12.2. The lowest BCUT2D eigenvalue weighted by molar-refractivity contribution is 0.0526. The second kappa shape index (κ2) is 9.84. The second-order valence-corrected chi connectivity index (χ2v) is 6.31. The van der Waals surface area contributed by atoms with Gasteiger partial charge < -0.3 is 15.4 Å². The van der Waals surface area contributed by atoms with E-state index in [0.29, 0.717) is 11.3 Å². The summed E-state index contributed by atoms with van der Waals surface area (Å²) in [5, 5.41) is 29.3. The van der Waals surface area contributed by atoms with Gasteiger partial charge in [-0.15, -0.1) is 10.2 Å². The fourth-order valence-electron chi connectivity index (χ4n) is 2.76. The van der Waals surface area contributed by atoms with E-state index in [-0.39, 0.29) is 24.0 Å². The maximum Gasteiger partial charge on any atom is 0.338 e. The molecule has 9 heteroatoms. The number of anilines is 2. The molecule has 152 valence electrons. The molecule has 0 amide bonds. The molecule has 2 aromatic carbocycles. The van der Waals surface area contributed by atoms with E-state index in [9.17, 15) is 10.1 Å². The molecule has 1 heterocycles. The van der Waals surface area contributed by atoms with Crippen molar-refractivity contribution in [1.29, 1.82) is 5.26 Å². The molecule has 9 nitrogen and oxygen atoms in total. The first kappa shape index (κ1) is 20.5. The minimum atomic E-state index is -0.425. The van der Waals surface area contributed by atoms with Crippen LogP contribution in [0.4, 0.5) is 11.4 Å². The number of H-pyrrole nitrogens is 1. The number of aromatic nitrogens is 4. The average molecular weight is 403 g/mol. The number of hydrogen-bond donors (Lipinski definition) is 3. The molecule has 1 atom stereocenters. The van der Waals surface area contributed by atoms with Crippen LogP contribution in [-0.2, 0) is 4.74 Å². The number of esters is 1. The molecular weight excluding hydrogens is 382 g/mol. The van der Waals surface area contributed by atoms with Crippen LogP contribution in [0.1, 0.15) is 41.6 Å². The zero-order valence-electron chi connectivity index (χ0n) is 16.6. The summed E-state index contributed by atoms with van der Waals surface area (Å²) < 4.78 is 5.09. The van der Waals surface area contributed by atoms with Crippen molar-refractivity contribution in [1.82, 2.24) is 20.6 Å². The number of nitrogens with one attached hydrogen (secondary N) is 3. The first-order chi connectivity index (χ1) is 14.6. The second-order valence-electron chi connectivity index (χ2n) is 6.31. The first-order valence-corrected chi connectivity index (χ1v) is 9.35. The molecule has 3 N–H and O–H groups in total. The predicted molar refractivity (Wildman–Crippen MR) is 112 cm³/mol. The number of allylic oxidation sites excluding steroid dienone is 1. The van der Waals surface area contributed by atoms with E-state index < -0.39 is 5.97 Å². The van der Waals surface area contributed by atoms with Crippen LogP contribution >= 0.6 is 0 Å². The molecule has 1 unspecified atom stereocenters. The highest BCUT2D eigenvalue weighted by atomic mass is 16.5. The Balaban J connectivity index is 1.91. The van der Waals surface area contributed by atoms with Gasteiger partial charge in [-0.25, -0.2) is 4.79 Å². The predicted octanol–water partition coefficient (Wildman–Crippen LogP) is 3.53. The Morgan fingerprint density at radius 1 is 1.27 bits per heavy atom. The van der Waals surface area contributed by atoms with Gasteiger partial charge in [-0.2, -0.15) is 10.5 Å². The topological polar surface area (TPSA) is 129 Å². The normalized spacial score (nSPS) is 12.0. The molecular formula is C21H21N7O2. The molecule has 0 aliphatic heterocycles. The van der Waals surface area contributed by atoms with Gasteiger partial charge in [0.05, 0.1) is 23.5 Å². The molecule has 0 radical (unpaired) electrons. The van der Waals surface area contributed by atoms with Gasteiger partial charge in [0, 0.05) is 12.2 Å². The fourth-order valence-corrected chi connectivity index (χ4v) is 2.76. The van der Waals surface area contributed by atoms with Crippen LogP contribution in [0.25, 0.3) is 5.57 Å². The molecule has 0 bridgehead atoms. The fraction of sp³-hybridized carbons (Fsp3) is 0.190. The minimum Gasteiger partial charge on any atom is -0.462 e. The Bertz CT molecular complexity index is 1060. The van der Waals surface area contributed by atoms with Crippen LogP contribution in [0, 0.1) is 11.3 Å². The van der Waals surface area contributed by atoms with Gasteiger partial charge in [-0.1, -0.05) is 30.3 Å². The van der Waals surface area contributed by atoms with E-state index >= 15 is 0 Å². The van der Waals surface area contributed by atoms with Crippen LogP contribution in [-0.4, -0.2) is 33.2 Å². The Labute approximate surface area is 173 Å². The van der Waals surface area contributed by atoms with Gasteiger partial charge in [0.1, 0.15) is 11.6 Å². The third-order valence-corrected chi connectivity index (χ3v) is 4.28. The maximum absolute atomic E-state index is 12.2. The Morgan fingerprint density at radius 3 is 2.73 bits per heavy atom. The lowest BCUT2D eigenvalue weighted by atomic mass is 10.1. The molecule has 1 aromatic heterocycles. The van der Waals surface area contributed by atoms with Crippen molar-refractivity contribution in [2.75, 3.05) is 17.2 Å². The lowest BCUT2D eigenvalue weighted by Gasteiger charge is -2.19. The summed E-state index contributed by atoms with van der Waals surface area (Å²) in [5.74, 6) is -0.260. The summed E-state index contributed by atoms with van der Waals surface area (Å²) in [6.07, 6.45) is 1.47. The van der Waals surface area contributed by atoms with Crippen LogP contribution in [0.2, 0.25) is 0 Å². The van der Waals surface area contributed by atoms with Crippen molar-refractivity contribution >= 4 is 22.9 Å². The Hall–Kier alpha value is -4.19. The number of aromatic amines is 1. The van der Waals surface area contributed by atoms with Gasteiger partial charge in [-0.05, 0) is 42.8 Å². The molecule has 0 fully saturated rings. The van der Waals surface area contributed by atoms with Crippen LogP contribution in [0.3, 0.4) is 0 Å². The number of ether oxygens (including phenoxy) is 1. The number of carbonyl (C=O) groups excluding carboxylic acids is 1. The van der Waals surface area contributed by atoms with Crippen molar-refractivity contribution in [3.63, 3.8) is 0 Å². The lowest BCUT2D eigenvalue weighted by Crippen LogP contribution is -2.10.